The van der Waals surface area contributed by atoms with Gasteiger partial charge in [-0.05, 0) is 49.6 Å². The molecule has 0 radical (unpaired) electrons. The standard InChI is InChI=1S/C27H28N2O5/c1-17(18-7-3-2-4-8-18)28-16-19(15-24(28)30)27(33)34-21-13-11-20(12-14-21)29-25(31)22-9-5-6-10-23(22)26(29)32/h2-4,7-8,11-14,17,19,22-23H,5-6,9-10,15-16H2,1H3/t17-,19+,22-,23+/m1/s1. The van der Waals surface area contributed by atoms with Crippen molar-refractivity contribution in [2.24, 2.45) is 17.8 Å². The van der Waals surface area contributed by atoms with E-state index in [2.05, 4.69) is 0 Å². The minimum Gasteiger partial charge on any atom is -0.426 e. The summed E-state index contributed by atoms with van der Waals surface area (Å²) >= 11 is 0. The van der Waals surface area contributed by atoms with Gasteiger partial charge in [0.2, 0.25) is 17.7 Å². The predicted molar refractivity (Wildman–Crippen MR) is 125 cm³/mol. The van der Waals surface area contributed by atoms with Gasteiger partial charge in [0.25, 0.3) is 0 Å². The summed E-state index contributed by atoms with van der Waals surface area (Å²) in [6.07, 6.45) is 3.61. The van der Waals surface area contributed by atoms with E-state index in [1.165, 1.54) is 4.90 Å². The summed E-state index contributed by atoms with van der Waals surface area (Å²) in [6.45, 7) is 2.27. The van der Waals surface area contributed by atoms with Crippen LogP contribution in [0.2, 0.25) is 0 Å². The molecule has 2 saturated heterocycles. The van der Waals surface area contributed by atoms with Crippen LogP contribution in [0.3, 0.4) is 0 Å². The first-order valence-electron chi connectivity index (χ1n) is 12.0. The molecule has 7 nitrogen and oxygen atoms in total. The maximum Gasteiger partial charge on any atom is 0.316 e. The molecule has 1 saturated carbocycles. The van der Waals surface area contributed by atoms with Crippen molar-refractivity contribution in [2.45, 2.75) is 45.1 Å². The Balaban J connectivity index is 1.22. The fraction of sp³-hybridized carbons (Fsp3) is 0.407. The van der Waals surface area contributed by atoms with Crippen molar-refractivity contribution in [3.8, 4) is 5.75 Å². The summed E-state index contributed by atoms with van der Waals surface area (Å²) in [5, 5.41) is 0. The number of anilines is 1. The summed E-state index contributed by atoms with van der Waals surface area (Å²) in [7, 11) is 0. The Morgan fingerprint density at radius 3 is 2.15 bits per heavy atom. The average molecular weight is 461 g/mol. The Hall–Kier alpha value is -3.48. The van der Waals surface area contributed by atoms with Gasteiger partial charge in [-0.15, -0.1) is 0 Å². The number of ether oxygens (including phenoxy) is 1. The van der Waals surface area contributed by atoms with Gasteiger partial charge in [0.1, 0.15) is 5.75 Å². The smallest absolute Gasteiger partial charge is 0.316 e. The van der Waals surface area contributed by atoms with Gasteiger partial charge in [0.05, 0.1) is 29.5 Å². The van der Waals surface area contributed by atoms with Gasteiger partial charge < -0.3 is 9.64 Å². The number of likely N-dealkylation sites (tertiary alicyclic amines) is 1. The van der Waals surface area contributed by atoms with Gasteiger partial charge in [-0.25, -0.2) is 0 Å². The summed E-state index contributed by atoms with van der Waals surface area (Å²) in [5.74, 6) is -1.41. The molecule has 2 aromatic rings. The fourth-order valence-corrected chi connectivity index (χ4v) is 5.45. The number of benzene rings is 2. The van der Waals surface area contributed by atoms with Crippen LogP contribution in [-0.4, -0.2) is 35.1 Å². The van der Waals surface area contributed by atoms with E-state index in [4.69, 9.17) is 4.74 Å². The molecule has 2 aromatic carbocycles. The van der Waals surface area contributed by atoms with Crippen molar-refractivity contribution in [2.75, 3.05) is 11.4 Å². The highest BCUT2D eigenvalue weighted by molar-refractivity contribution is 6.22. The number of imide groups is 1. The minimum absolute atomic E-state index is 0.0684. The lowest BCUT2D eigenvalue weighted by Gasteiger charge is -2.25. The van der Waals surface area contributed by atoms with Crippen LogP contribution in [0, 0.1) is 17.8 Å². The van der Waals surface area contributed by atoms with Gasteiger partial charge in [0.15, 0.2) is 0 Å². The molecular formula is C27H28N2O5. The first-order valence-corrected chi connectivity index (χ1v) is 12.0. The summed E-state index contributed by atoms with van der Waals surface area (Å²) in [6, 6.07) is 16.1. The Morgan fingerprint density at radius 1 is 0.912 bits per heavy atom. The fourth-order valence-electron chi connectivity index (χ4n) is 5.45. The maximum absolute atomic E-state index is 12.8. The molecule has 0 bridgehead atoms. The second-order valence-electron chi connectivity index (χ2n) is 9.46. The lowest BCUT2D eigenvalue weighted by Crippen LogP contribution is -2.31. The van der Waals surface area contributed by atoms with Gasteiger partial charge in [-0.3, -0.25) is 24.1 Å². The number of rotatable bonds is 5. The normalized spacial score (nSPS) is 25.4. The number of nitrogens with zero attached hydrogens (tertiary/aromatic N) is 2. The molecule has 2 heterocycles. The third-order valence-corrected chi connectivity index (χ3v) is 7.40. The van der Waals surface area contributed by atoms with E-state index >= 15 is 0 Å². The van der Waals surface area contributed by atoms with Gasteiger partial charge >= 0.3 is 5.97 Å². The SMILES string of the molecule is C[C@H](c1ccccc1)N1C[C@@H](C(=O)Oc2ccc(N3C(=O)[C@H]4CCCC[C@H]4C3=O)cc2)CC1=O. The summed E-state index contributed by atoms with van der Waals surface area (Å²) in [5.41, 5.74) is 1.52. The van der Waals surface area contributed by atoms with Crippen molar-refractivity contribution >= 4 is 29.4 Å². The number of hydrogen-bond donors (Lipinski definition) is 0. The van der Waals surface area contributed by atoms with Crippen molar-refractivity contribution in [1.29, 1.82) is 0 Å². The highest BCUT2D eigenvalue weighted by Crippen LogP contribution is 2.40. The van der Waals surface area contributed by atoms with Crippen molar-refractivity contribution in [1.82, 2.24) is 4.90 Å². The number of esters is 1. The van der Waals surface area contributed by atoms with E-state index in [9.17, 15) is 19.2 Å². The second kappa shape index (κ2) is 9.05. The van der Waals surface area contributed by atoms with Crippen LogP contribution in [0.1, 0.15) is 50.6 Å². The number of carbonyl (C=O) groups excluding carboxylic acids is 4. The summed E-state index contributed by atoms with van der Waals surface area (Å²) in [4.78, 5) is 53.9. The zero-order chi connectivity index (χ0) is 23.8. The number of hydrogen-bond acceptors (Lipinski definition) is 5. The molecule has 3 fully saturated rings. The molecule has 2 aliphatic heterocycles. The molecule has 0 aromatic heterocycles. The molecule has 5 rings (SSSR count). The molecule has 4 atom stereocenters. The molecule has 0 spiro atoms. The number of carbonyl (C=O) groups is 4. The molecule has 0 N–H and O–H groups in total. The lowest BCUT2D eigenvalue weighted by atomic mass is 9.81. The second-order valence-corrected chi connectivity index (χ2v) is 9.46. The van der Waals surface area contributed by atoms with E-state index in [1.54, 1.807) is 29.2 Å². The molecule has 0 unspecified atom stereocenters. The third kappa shape index (κ3) is 4.00. The van der Waals surface area contributed by atoms with Crippen LogP contribution in [0.25, 0.3) is 0 Å². The van der Waals surface area contributed by atoms with Crippen LogP contribution in [0.4, 0.5) is 5.69 Å². The van der Waals surface area contributed by atoms with Gasteiger partial charge in [-0.2, -0.15) is 0 Å². The maximum atomic E-state index is 12.8. The minimum atomic E-state index is -0.539. The van der Waals surface area contributed by atoms with Crippen molar-refractivity contribution < 1.29 is 23.9 Å². The molecule has 7 heteroatoms. The Morgan fingerprint density at radius 2 is 1.53 bits per heavy atom. The number of fused-ring (bicyclic) bond motifs is 1. The topological polar surface area (TPSA) is 84.0 Å². The van der Waals surface area contributed by atoms with E-state index in [0.29, 0.717) is 18.0 Å². The first-order chi connectivity index (χ1) is 16.4. The van der Waals surface area contributed by atoms with Crippen LogP contribution in [-0.2, 0) is 19.2 Å². The van der Waals surface area contributed by atoms with Crippen LogP contribution >= 0.6 is 0 Å². The number of amides is 3. The predicted octanol–water partition coefficient (Wildman–Crippen LogP) is 3.88. The first kappa shape index (κ1) is 22.3. The average Bonchev–Trinajstić information content (AvgIpc) is 3.37. The van der Waals surface area contributed by atoms with Crippen LogP contribution in [0.15, 0.2) is 54.6 Å². The zero-order valence-corrected chi connectivity index (χ0v) is 19.2. The molecule has 3 aliphatic rings. The quantitative estimate of drug-likeness (QED) is 0.384. The Labute approximate surface area is 198 Å². The molecule has 176 valence electrons. The Kier molecular flexibility index (Phi) is 5.94. The monoisotopic (exact) mass is 460 g/mol. The zero-order valence-electron chi connectivity index (χ0n) is 19.2. The molecule has 34 heavy (non-hydrogen) atoms. The third-order valence-electron chi connectivity index (χ3n) is 7.40. The van der Waals surface area contributed by atoms with E-state index in [-0.39, 0.29) is 42.0 Å². The molecular weight excluding hydrogens is 432 g/mol. The highest BCUT2D eigenvalue weighted by Gasteiger charge is 2.48. The largest absolute Gasteiger partial charge is 0.426 e. The molecule has 3 amide bonds. The van der Waals surface area contributed by atoms with E-state index in [1.807, 2.05) is 37.3 Å². The summed E-state index contributed by atoms with van der Waals surface area (Å²) < 4.78 is 5.54. The van der Waals surface area contributed by atoms with Crippen LogP contribution in [0.5, 0.6) is 5.75 Å². The van der Waals surface area contributed by atoms with Crippen molar-refractivity contribution in [3.63, 3.8) is 0 Å². The molecule has 1 aliphatic carbocycles. The van der Waals surface area contributed by atoms with Crippen molar-refractivity contribution in [3.05, 3.63) is 60.2 Å². The highest BCUT2D eigenvalue weighted by atomic mass is 16.5. The lowest BCUT2D eigenvalue weighted by molar-refractivity contribution is -0.139. The van der Waals surface area contributed by atoms with Gasteiger partial charge in [0, 0.05) is 13.0 Å². The van der Waals surface area contributed by atoms with E-state index < -0.39 is 11.9 Å². The van der Waals surface area contributed by atoms with E-state index in [0.717, 1.165) is 31.2 Å². The van der Waals surface area contributed by atoms with Crippen LogP contribution < -0.4 is 9.64 Å². The van der Waals surface area contributed by atoms with Gasteiger partial charge in [-0.1, -0.05) is 43.2 Å². The Bertz CT molecular complexity index is 1090.